The number of rotatable bonds is 5. The van der Waals surface area contributed by atoms with Gasteiger partial charge in [-0.15, -0.1) is 11.8 Å². The summed E-state index contributed by atoms with van der Waals surface area (Å²) in [5.74, 6) is 1.26. The molecule has 4 nitrogen and oxygen atoms in total. The van der Waals surface area contributed by atoms with Crippen LogP contribution in [0.2, 0.25) is 0 Å². The largest absolute Gasteiger partial charge is 0.373 e. The fourth-order valence-electron chi connectivity index (χ4n) is 3.73. The lowest BCUT2D eigenvalue weighted by Gasteiger charge is -2.47. The zero-order chi connectivity index (χ0) is 18.0. The molecule has 2 aliphatic heterocycles. The second-order valence-electron chi connectivity index (χ2n) is 7.34. The van der Waals surface area contributed by atoms with E-state index in [4.69, 9.17) is 4.74 Å². The summed E-state index contributed by atoms with van der Waals surface area (Å²) in [6.07, 6.45) is 5.43. The highest BCUT2D eigenvalue weighted by molar-refractivity contribution is 8.01. The van der Waals surface area contributed by atoms with Crippen LogP contribution >= 0.6 is 11.8 Å². The van der Waals surface area contributed by atoms with Crippen LogP contribution < -0.4 is 0 Å². The number of ether oxygens (including phenoxy) is 1. The zero-order valence-electron chi connectivity index (χ0n) is 15.1. The van der Waals surface area contributed by atoms with Gasteiger partial charge in [-0.1, -0.05) is 24.3 Å². The average molecular weight is 369 g/mol. The molecule has 0 aliphatic carbocycles. The Morgan fingerprint density at radius 2 is 2.04 bits per heavy atom. The molecule has 0 N–H and O–H groups in total. The molecule has 1 aromatic carbocycles. The third-order valence-corrected chi connectivity index (χ3v) is 6.90. The van der Waals surface area contributed by atoms with E-state index in [0.29, 0.717) is 13.0 Å². The molecule has 5 heteroatoms. The number of likely N-dealkylation sites (tertiary alicyclic amines) is 1. The number of aryl methyl sites for hydroxylation is 1. The molecule has 2 fully saturated rings. The lowest BCUT2D eigenvalue weighted by Crippen LogP contribution is -2.61. The van der Waals surface area contributed by atoms with E-state index in [1.165, 1.54) is 5.56 Å². The smallest absolute Gasteiger partial charge is 0.227 e. The zero-order valence-corrected chi connectivity index (χ0v) is 15.9. The summed E-state index contributed by atoms with van der Waals surface area (Å²) in [6, 6.07) is 12.1. The molecule has 1 atom stereocenters. The van der Waals surface area contributed by atoms with Gasteiger partial charge in [-0.3, -0.25) is 9.78 Å². The highest BCUT2D eigenvalue weighted by Crippen LogP contribution is 2.46. The van der Waals surface area contributed by atoms with Crippen LogP contribution in [0, 0.1) is 6.92 Å². The Labute approximate surface area is 159 Å². The quantitative estimate of drug-likeness (QED) is 0.813. The average Bonchev–Trinajstić information content (AvgIpc) is 3.06. The van der Waals surface area contributed by atoms with E-state index in [1.807, 2.05) is 40.9 Å². The minimum absolute atomic E-state index is 0.213. The molecule has 0 saturated carbocycles. The van der Waals surface area contributed by atoms with Crippen molar-refractivity contribution in [3.8, 4) is 0 Å². The molecular formula is C21H24N2O2S. The number of hydrogen-bond acceptors (Lipinski definition) is 4. The van der Waals surface area contributed by atoms with Gasteiger partial charge >= 0.3 is 0 Å². The van der Waals surface area contributed by atoms with E-state index in [9.17, 15) is 4.79 Å². The highest BCUT2D eigenvalue weighted by Gasteiger charge is 2.50. The lowest BCUT2D eigenvalue weighted by molar-refractivity contribution is -0.136. The molecular weight excluding hydrogens is 344 g/mol. The van der Waals surface area contributed by atoms with Crippen molar-refractivity contribution in [3.63, 3.8) is 0 Å². The number of hydrogen-bond donors (Lipinski definition) is 0. The fourth-order valence-corrected chi connectivity index (χ4v) is 5.28. The van der Waals surface area contributed by atoms with Gasteiger partial charge in [0.15, 0.2) is 0 Å². The fraction of sp³-hybridized carbons (Fsp3) is 0.429. The first-order valence-electron chi connectivity index (χ1n) is 9.10. The minimum atomic E-state index is 0.213. The minimum Gasteiger partial charge on any atom is -0.373 e. The summed E-state index contributed by atoms with van der Waals surface area (Å²) in [5, 5.41) is 0. The van der Waals surface area contributed by atoms with Crippen LogP contribution in [-0.4, -0.2) is 45.5 Å². The molecule has 0 bridgehead atoms. The number of carbonyl (C=O) groups excluding carboxylic acids is 1. The van der Waals surface area contributed by atoms with E-state index in [-0.39, 0.29) is 16.8 Å². The topological polar surface area (TPSA) is 42.4 Å². The van der Waals surface area contributed by atoms with Crippen molar-refractivity contribution in [2.24, 2.45) is 0 Å². The van der Waals surface area contributed by atoms with Crippen molar-refractivity contribution in [3.05, 3.63) is 65.5 Å². The molecule has 0 radical (unpaired) electrons. The van der Waals surface area contributed by atoms with Gasteiger partial charge in [0.25, 0.3) is 0 Å². The van der Waals surface area contributed by atoms with Crippen LogP contribution in [0.15, 0.2) is 48.8 Å². The number of benzene rings is 1. The van der Waals surface area contributed by atoms with Gasteiger partial charge in [-0.2, -0.15) is 0 Å². The monoisotopic (exact) mass is 368 g/mol. The van der Waals surface area contributed by atoms with Crippen molar-refractivity contribution in [2.45, 2.75) is 37.2 Å². The Morgan fingerprint density at radius 3 is 2.81 bits per heavy atom. The van der Waals surface area contributed by atoms with Gasteiger partial charge in [0.2, 0.25) is 5.91 Å². The van der Waals surface area contributed by atoms with Gasteiger partial charge < -0.3 is 9.64 Å². The Bertz CT molecular complexity index is 775. The predicted octanol–water partition coefficient (Wildman–Crippen LogP) is 3.24. The molecule has 26 heavy (non-hydrogen) atoms. The third-order valence-electron chi connectivity index (χ3n) is 5.32. The molecule has 1 aromatic heterocycles. The van der Waals surface area contributed by atoms with Crippen LogP contribution in [0.1, 0.15) is 23.1 Å². The normalized spacial score (nSPS) is 21.0. The molecule has 2 aromatic rings. The van der Waals surface area contributed by atoms with E-state index in [0.717, 1.165) is 36.4 Å². The van der Waals surface area contributed by atoms with Gasteiger partial charge in [-0.25, -0.2) is 0 Å². The maximum absolute atomic E-state index is 12.6. The lowest BCUT2D eigenvalue weighted by atomic mass is 9.92. The van der Waals surface area contributed by atoms with Gasteiger partial charge in [0.1, 0.15) is 0 Å². The molecule has 3 heterocycles. The molecule has 2 saturated heterocycles. The molecule has 0 unspecified atom stereocenters. The number of nitrogens with zero attached hydrogens (tertiary/aromatic N) is 2. The number of thioether (sulfide) groups is 1. The Balaban J connectivity index is 1.25. The molecule has 136 valence electrons. The number of amides is 1. The van der Waals surface area contributed by atoms with Gasteiger partial charge in [-0.05, 0) is 42.2 Å². The number of aromatic nitrogens is 1. The maximum Gasteiger partial charge on any atom is 0.227 e. The van der Waals surface area contributed by atoms with Crippen molar-refractivity contribution in [1.82, 2.24) is 9.88 Å². The summed E-state index contributed by atoms with van der Waals surface area (Å²) < 4.78 is 6.29. The maximum atomic E-state index is 12.6. The standard InChI is InChI=1S/C21H24N2O2S/c1-16-4-2-3-5-18(16)10-20(24)23-14-21(15-23)11-19(13-26-21)25-12-17-6-8-22-9-7-17/h2-9,19H,10-15H2,1H3/t19-/m1/s1. The molecule has 4 rings (SSSR count). The predicted molar refractivity (Wildman–Crippen MR) is 104 cm³/mol. The van der Waals surface area contributed by atoms with E-state index in [1.54, 1.807) is 12.4 Å². The first-order valence-corrected chi connectivity index (χ1v) is 10.1. The van der Waals surface area contributed by atoms with Crippen molar-refractivity contribution < 1.29 is 9.53 Å². The number of pyridine rings is 1. The molecule has 1 amide bonds. The summed E-state index contributed by atoms with van der Waals surface area (Å²) in [4.78, 5) is 18.6. The van der Waals surface area contributed by atoms with Crippen molar-refractivity contribution in [2.75, 3.05) is 18.8 Å². The van der Waals surface area contributed by atoms with Crippen LogP contribution in [-0.2, 0) is 22.6 Å². The first-order chi connectivity index (χ1) is 12.6. The molecule has 2 aliphatic rings. The van der Waals surface area contributed by atoms with E-state index >= 15 is 0 Å². The van der Waals surface area contributed by atoms with Crippen LogP contribution in [0.4, 0.5) is 0 Å². The first kappa shape index (κ1) is 17.6. The van der Waals surface area contributed by atoms with Gasteiger partial charge in [0, 0.05) is 31.2 Å². The van der Waals surface area contributed by atoms with Gasteiger partial charge in [0.05, 0.1) is 23.9 Å². The van der Waals surface area contributed by atoms with Crippen LogP contribution in [0.3, 0.4) is 0 Å². The Morgan fingerprint density at radius 1 is 1.27 bits per heavy atom. The second kappa shape index (κ2) is 7.41. The summed E-state index contributed by atoms with van der Waals surface area (Å²) in [6.45, 7) is 4.42. The number of carbonyl (C=O) groups is 1. The highest BCUT2D eigenvalue weighted by atomic mass is 32.2. The Hall–Kier alpha value is -1.85. The second-order valence-corrected chi connectivity index (χ2v) is 8.83. The SMILES string of the molecule is Cc1ccccc1CC(=O)N1CC2(C[C@@H](OCc3ccncc3)CS2)C1. The summed E-state index contributed by atoms with van der Waals surface area (Å²) in [7, 11) is 0. The summed E-state index contributed by atoms with van der Waals surface area (Å²) in [5.41, 5.74) is 3.49. The van der Waals surface area contributed by atoms with Crippen molar-refractivity contribution in [1.29, 1.82) is 0 Å². The van der Waals surface area contributed by atoms with Crippen LogP contribution in [0.25, 0.3) is 0 Å². The van der Waals surface area contributed by atoms with E-state index in [2.05, 4.69) is 24.0 Å². The molecule has 1 spiro atoms. The van der Waals surface area contributed by atoms with Crippen LogP contribution in [0.5, 0.6) is 0 Å². The van der Waals surface area contributed by atoms with Crippen molar-refractivity contribution >= 4 is 17.7 Å². The Kier molecular flexibility index (Phi) is 5.00. The third kappa shape index (κ3) is 3.79. The summed E-state index contributed by atoms with van der Waals surface area (Å²) >= 11 is 1.97. The van der Waals surface area contributed by atoms with E-state index < -0.39 is 0 Å².